The van der Waals surface area contributed by atoms with Gasteiger partial charge in [-0.05, 0) is 36.8 Å². The Hall–Kier alpha value is -3.23. The van der Waals surface area contributed by atoms with E-state index in [0.29, 0.717) is 24.6 Å². The molecule has 1 aliphatic heterocycles. The van der Waals surface area contributed by atoms with Gasteiger partial charge in [-0.15, -0.1) is 0 Å². The molecule has 0 aliphatic carbocycles. The average molecular weight is 345 g/mol. The van der Waals surface area contributed by atoms with Crippen LogP contribution in [0.3, 0.4) is 0 Å². The summed E-state index contributed by atoms with van der Waals surface area (Å²) in [7, 11) is 0. The highest BCUT2D eigenvalue weighted by molar-refractivity contribution is 5.89. The number of hydrogen-bond donors (Lipinski definition) is 2. The zero-order valence-electron chi connectivity index (χ0n) is 13.2. The summed E-state index contributed by atoms with van der Waals surface area (Å²) < 4.78 is 12.8. The Balaban J connectivity index is 1.53. The minimum atomic E-state index is -0.495. The zero-order chi connectivity index (χ0) is 17.8. The van der Waals surface area contributed by atoms with Gasteiger partial charge in [-0.2, -0.15) is 0 Å². The van der Waals surface area contributed by atoms with Crippen molar-refractivity contribution in [1.29, 1.82) is 0 Å². The summed E-state index contributed by atoms with van der Waals surface area (Å²) in [6, 6.07) is 8.07. The van der Waals surface area contributed by atoms with Gasteiger partial charge in [0.05, 0.1) is 4.92 Å². The third-order valence-electron chi connectivity index (χ3n) is 3.89. The lowest BCUT2D eigenvalue weighted by atomic mass is 10.3. The molecule has 0 spiro atoms. The smallest absolute Gasteiger partial charge is 0.319 e. The van der Waals surface area contributed by atoms with Crippen molar-refractivity contribution in [3.05, 3.63) is 58.5 Å². The maximum Gasteiger partial charge on any atom is 0.319 e. The summed E-state index contributed by atoms with van der Waals surface area (Å²) in [4.78, 5) is 28.2. The summed E-state index contributed by atoms with van der Waals surface area (Å²) in [5, 5.41) is 16.1. The van der Waals surface area contributed by atoms with Gasteiger partial charge in [0.15, 0.2) is 0 Å². The van der Waals surface area contributed by atoms with E-state index >= 15 is 0 Å². The summed E-state index contributed by atoms with van der Waals surface area (Å²) >= 11 is 0. The maximum atomic E-state index is 12.8. The number of aromatic nitrogens is 1. The SMILES string of the molecule is O=C(Nc1ccc(F)cc1)N[C@@H]1CCN(c2ccc([N+](=O)[O-])cn2)C1. The number of carbonyl (C=O) groups excluding carboxylic acids is 1. The number of nitrogens with zero attached hydrogens (tertiary/aromatic N) is 3. The normalized spacial score (nSPS) is 16.5. The third-order valence-corrected chi connectivity index (χ3v) is 3.89. The van der Waals surface area contributed by atoms with E-state index < -0.39 is 4.92 Å². The van der Waals surface area contributed by atoms with Crippen LogP contribution in [0, 0.1) is 15.9 Å². The molecule has 1 aliphatic rings. The largest absolute Gasteiger partial charge is 0.354 e. The van der Waals surface area contributed by atoms with E-state index in [1.807, 2.05) is 4.90 Å². The van der Waals surface area contributed by atoms with Crippen LogP contribution in [0.15, 0.2) is 42.6 Å². The Morgan fingerprint density at radius 2 is 2.04 bits per heavy atom. The predicted octanol–water partition coefficient (Wildman–Crippen LogP) is 2.53. The molecule has 1 aromatic carbocycles. The molecule has 1 aromatic heterocycles. The van der Waals surface area contributed by atoms with Gasteiger partial charge < -0.3 is 15.5 Å². The molecule has 0 unspecified atom stereocenters. The van der Waals surface area contributed by atoms with Crippen LogP contribution in [-0.4, -0.2) is 35.1 Å². The highest BCUT2D eigenvalue weighted by atomic mass is 19.1. The fraction of sp³-hybridized carbons (Fsp3) is 0.250. The molecule has 1 atom stereocenters. The van der Waals surface area contributed by atoms with Crippen molar-refractivity contribution in [1.82, 2.24) is 10.3 Å². The molecule has 2 amide bonds. The van der Waals surface area contributed by atoms with E-state index in [1.165, 1.54) is 36.5 Å². The van der Waals surface area contributed by atoms with Crippen LogP contribution < -0.4 is 15.5 Å². The summed E-state index contributed by atoms with van der Waals surface area (Å²) in [6.07, 6.45) is 1.95. The molecule has 25 heavy (non-hydrogen) atoms. The van der Waals surface area contributed by atoms with Crippen molar-refractivity contribution in [2.45, 2.75) is 12.5 Å². The van der Waals surface area contributed by atoms with Crippen molar-refractivity contribution in [2.24, 2.45) is 0 Å². The van der Waals surface area contributed by atoms with Gasteiger partial charge in [-0.3, -0.25) is 10.1 Å². The highest BCUT2D eigenvalue weighted by Gasteiger charge is 2.25. The zero-order valence-corrected chi connectivity index (χ0v) is 13.2. The number of amides is 2. The first kappa shape index (κ1) is 16.6. The number of urea groups is 1. The van der Waals surface area contributed by atoms with Gasteiger partial charge in [0, 0.05) is 30.9 Å². The summed E-state index contributed by atoms with van der Waals surface area (Å²) in [5.41, 5.74) is 0.446. The van der Waals surface area contributed by atoms with Crippen molar-refractivity contribution >= 4 is 23.2 Å². The quantitative estimate of drug-likeness (QED) is 0.655. The lowest BCUT2D eigenvalue weighted by Gasteiger charge is -2.18. The second kappa shape index (κ2) is 7.12. The molecule has 0 saturated carbocycles. The first-order valence-electron chi connectivity index (χ1n) is 7.70. The minimum Gasteiger partial charge on any atom is -0.354 e. The first-order valence-corrected chi connectivity index (χ1v) is 7.70. The van der Waals surface area contributed by atoms with Crippen molar-refractivity contribution < 1.29 is 14.1 Å². The molecule has 2 N–H and O–H groups in total. The van der Waals surface area contributed by atoms with Crippen LogP contribution in [0.5, 0.6) is 0 Å². The second-order valence-electron chi connectivity index (χ2n) is 5.67. The predicted molar refractivity (Wildman–Crippen MR) is 90.1 cm³/mol. The van der Waals surface area contributed by atoms with E-state index in [4.69, 9.17) is 0 Å². The summed E-state index contributed by atoms with van der Waals surface area (Å²) in [5.74, 6) is 0.266. The number of hydrogen-bond acceptors (Lipinski definition) is 5. The Bertz CT molecular complexity index is 766. The number of anilines is 2. The van der Waals surface area contributed by atoms with E-state index in [2.05, 4.69) is 15.6 Å². The molecule has 1 saturated heterocycles. The Morgan fingerprint density at radius 1 is 1.28 bits per heavy atom. The molecule has 0 bridgehead atoms. The van der Waals surface area contributed by atoms with Crippen molar-refractivity contribution in [3.63, 3.8) is 0 Å². The maximum absolute atomic E-state index is 12.8. The molecule has 0 radical (unpaired) electrons. The molecule has 1 fully saturated rings. The molecule has 130 valence electrons. The fourth-order valence-electron chi connectivity index (χ4n) is 2.65. The van der Waals surface area contributed by atoms with E-state index in [-0.39, 0.29) is 23.6 Å². The second-order valence-corrected chi connectivity index (χ2v) is 5.67. The minimum absolute atomic E-state index is 0.0590. The highest BCUT2D eigenvalue weighted by Crippen LogP contribution is 2.20. The Kier molecular flexibility index (Phi) is 4.73. The van der Waals surface area contributed by atoms with E-state index in [1.54, 1.807) is 6.07 Å². The van der Waals surface area contributed by atoms with E-state index in [0.717, 1.165) is 6.42 Å². The fourth-order valence-corrected chi connectivity index (χ4v) is 2.65. The Labute approximate surface area is 142 Å². The van der Waals surface area contributed by atoms with Crippen LogP contribution >= 0.6 is 0 Å². The van der Waals surface area contributed by atoms with Gasteiger partial charge in [-0.25, -0.2) is 14.2 Å². The third kappa shape index (κ3) is 4.19. The lowest BCUT2D eigenvalue weighted by molar-refractivity contribution is -0.385. The van der Waals surface area contributed by atoms with Crippen LogP contribution in [0.1, 0.15) is 6.42 Å². The molecule has 9 heteroatoms. The van der Waals surface area contributed by atoms with Crippen molar-refractivity contribution in [3.8, 4) is 0 Å². The standard InChI is InChI=1S/C16H16FN5O3/c17-11-1-3-12(4-2-11)19-16(23)20-13-7-8-21(10-13)15-6-5-14(9-18-15)22(24)25/h1-6,9,13H,7-8,10H2,(H2,19,20,23)/t13-/m1/s1. The van der Waals surface area contributed by atoms with Crippen LogP contribution in [0.2, 0.25) is 0 Å². The monoisotopic (exact) mass is 345 g/mol. The van der Waals surface area contributed by atoms with Gasteiger partial charge in [-0.1, -0.05) is 0 Å². The number of pyridine rings is 1. The molecular formula is C16H16FN5O3. The molecule has 2 aromatic rings. The number of nitrogens with one attached hydrogen (secondary N) is 2. The van der Waals surface area contributed by atoms with Crippen LogP contribution in [0.25, 0.3) is 0 Å². The molecular weight excluding hydrogens is 329 g/mol. The topological polar surface area (TPSA) is 100 Å². The number of rotatable bonds is 4. The average Bonchev–Trinajstić information content (AvgIpc) is 3.05. The van der Waals surface area contributed by atoms with Gasteiger partial charge in [0.1, 0.15) is 17.8 Å². The van der Waals surface area contributed by atoms with Gasteiger partial charge in [0.2, 0.25) is 0 Å². The van der Waals surface area contributed by atoms with Crippen molar-refractivity contribution in [2.75, 3.05) is 23.3 Å². The van der Waals surface area contributed by atoms with Gasteiger partial charge in [0.25, 0.3) is 5.69 Å². The number of carbonyl (C=O) groups is 1. The molecule has 8 nitrogen and oxygen atoms in total. The number of benzene rings is 1. The summed E-state index contributed by atoms with van der Waals surface area (Å²) in [6.45, 7) is 1.24. The van der Waals surface area contributed by atoms with Crippen LogP contribution in [0.4, 0.5) is 26.4 Å². The molecule has 2 heterocycles. The number of halogens is 1. The van der Waals surface area contributed by atoms with Crippen LogP contribution in [-0.2, 0) is 0 Å². The first-order chi connectivity index (χ1) is 12.0. The van der Waals surface area contributed by atoms with Gasteiger partial charge >= 0.3 is 6.03 Å². The Morgan fingerprint density at radius 3 is 2.68 bits per heavy atom. The van der Waals surface area contributed by atoms with E-state index in [9.17, 15) is 19.3 Å². The molecule has 3 rings (SSSR count). The lowest BCUT2D eigenvalue weighted by Crippen LogP contribution is -2.39. The number of nitro groups is 1.